The first-order valence-corrected chi connectivity index (χ1v) is 8.10. The summed E-state index contributed by atoms with van der Waals surface area (Å²) in [5.41, 5.74) is 1.31. The van der Waals surface area contributed by atoms with Crippen LogP contribution in [0.3, 0.4) is 0 Å². The molecular weight excluding hydrogens is 551 g/mol. The summed E-state index contributed by atoms with van der Waals surface area (Å²) in [6, 6.07) is 10.6. The van der Waals surface area contributed by atoms with Gasteiger partial charge in [-0.1, -0.05) is 0 Å². The molecule has 0 saturated heterocycles. The molecule has 2 aromatic heterocycles. The van der Waals surface area contributed by atoms with Crippen LogP contribution in [0.15, 0.2) is 49.1 Å². The summed E-state index contributed by atoms with van der Waals surface area (Å²) < 4.78 is 0. The van der Waals surface area contributed by atoms with Gasteiger partial charge in [0.05, 0.1) is 23.3 Å². The van der Waals surface area contributed by atoms with Gasteiger partial charge in [-0.25, -0.2) is 0 Å². The fraction of sp³-hybridized carbons (Fsp3) is 0.200. The Balaban J connectivity index is -0.0000000711. The maximum absolute atomic E-state index is 8.89. The van der Waals surface area contributed by atoms with Gasteiger partial charge in [-0.2, -0.15) is 10.5 Å². The van der Waals surface area contributed by atoms with Gasteiger partial charge in [0.2, 0.25) is 0 Å². The van der Waals surface area contributed by atoms with Crippen molar-refractivity contribution >= 4 is 23.9 Å². The molecule has 2 rings (SSSR count). The number of nitrogens with zero attached hydrogens (tertiary/aromatic N) is 4. The van der Waals surface area contributed by atoms with Crippen molar-refractivity contribution in [3.8, 4) is 12.1 Å². The number of carbonyl (C=O) groups is 4. The number of hydrogen-bond acceptors (Lipinski definition) is 12. The number of carbonyl (C=O) groups excluding carboxylic acids is 4. The van der Waals surface area contributed by atoms with Gasteiger partial charge in [0.1, 0.15) is 0 Å². The molecule has 12 nitrogen and oxygen atoms in total. The van der Waals surface area contributed by atoms with Crippen LogP contribution in [-0.2, 0) is 53.3 Å². The molecule has 2 heterocycles. The number of nitriles is 2. The average molecular weight is 571 g/mol. The van der Waals surface area contributed by atoms with E-state index >= 15 is 0 Å². The summed E-state index contributed by atoms with van der Waals surface area (Å²) in [5, 5.41) is 52.1. The van der Waals surface area contributed by atoms with Crippen LogP contribution in [0.5, 0.6) is 0 Å². The van der Waals surface area contributed by atoms with Crippen molar-refractivity contribution in [1.82, 2.24) is 9.97 Å². The van der Waals surface area contributed by atoms with E-state index in [1.165, 1.54) is 0 Å². The number of pyridine rings is 2. The van der Waals surface area contributed by atoms with E-state index in [4.69, 9.17) is 50.1 Å². The van der Waals surface area contributed by atoms with E-state index in [0.717, 1.165) is 27.7 Å². The summed E-state index contributed by atoms with van der Waals surface area (Å²) in [7, 11) is 0. The second-order valence-corrected chi connectivity index (χ2v) is 4.66. The van der Waals surface area contributed by atoms with Crippen molar-refractivity contribution in [3.63, 3.8) is 0 Å². The fourth-order valence-corrected chi connectivity index (χ4v) is 0.853. The monoisotopic (exact) mass is 570 g/mol. The molecule has 0 aromatic carbocycles. The van der Waals surface area contributed by atoms with Crippen molar-refractivity contribution in [2.24, 2.45) is 0 Å². The Labute approximate surface area is 217 Å². The van der Waals surface area contributed by atoms with Gasteiger partial charge in [0.25, 0.3) is 0 Å². The van der Waals surface area contributed by atoms with Crippen LogP contribution >= 0.6 is 0 Å². The predicted octanol–water partition coefficient (Wildman–Crippen LogP) is -3.07. The van der Waals surface area contributed by atoms with Crippen LogP contribution in [0.2, 0.25) is 0 Å². The van der Waals surface area contributed by atoms with Gasteiger partial charge >= 0.3 is 34.1 Å². The van der Waals surface area contributed by atoms with E-state index in [1.54, 1.807) is 49.1 Å². The molecular formula is C20H20Cu2N4O8. The van der Waals surface area contributed by atoms with Crippen molar-refractivity contribution in [2.75, 3.05) is 0 Å². The minimum Gasteiger partial charge on any atom is -0.550 e. The van der Waals surface area contributed by atoms with E-state index in [9.17, 15) is 0 Å². The molecule has 190 valence electrons. The average Bonchev–Trinajstić information content (AvgIpc) is 2.68. The van der Waals surface area contributed by atoms with Crippen molar-refractivity contribution in [1.29, 1.82) is 10.5 Å². The number of carboxylic acids is 4. The third-order valence-electron chi connectivity index (χ3n) is 1.62. The van der Waals surface area contributed by atoms with Crippen molar-refractivity contribution in [3.05, 3.63) is 60.2 Å². The molecule has 0 N–H and O–H groups in total. The molecule has 0 atom stereocenters. The number of carboxylic acid groups (broad SMARTS) is 4. The molecule has 0 aliphatic carbocycles. The van der Waals surface area contributed by atoms with Crippen molar-refractivity contribution in [2.45, 2.75) is 27.7 Å². The summed E-state index contributed by atoms with van der Waals surface area (Å²) >= 11 is 0. The molecule has 0 amide bonds. The van der Waals surface area contributed by atoms with E-state index in [0.29, 0.717) is 11.1 Å². The third-order valence-corrected chi connectivity index (χ3v) is 1.62. The van der Waals surface area contributed by atoms with E-state index in [2.05, 4.69) is 9.97 Å². The largest absolute Gasteiger partial charge is 2.00 e. The normalized spacial score (nSPS) is 6.65. The smallest absolute Gasteiger partial charge is 0.550 e. The van der Waals surface area contributed by atoms with E-state index < -0.39 is 23.9 Å². The van der Waals surface area contributed by atoms with Crippen molar-refractivity contribution < 1.29 is 73.7 Å². The van der Waals surface area contributed by atoms with Crippen LogP contribution < -0.4 is 20.4 Å². The van der Waals surface area contributed by atoms with Crippen LogP contribution in [0, 0.1) is 22.7 Å². The van der Waals surface area contributed by atoms with Crippen LogP contribution in [0.1, 0.15) is 38.8 Å². The second kappa shape index (κ2) is 33.8. The Hall–Kier alpha value is -3.80. The molecule has 0 fully saturated rings. The first-order chi connectivity index (χ1) is 14.8. The Morgan fingerprint density at radius 1 is 0.588 bits per heavy atom. The third kappa shape index (κ3) is 79.5. The topological polar surface area (TPSA) is 234 Å². The maximum Gasteiger partial charge on any atom is 2.00 e. The Morgan fingerprint density at radius 2 is 0.735 bits per heavy atom. The number of aliphatic carboxylic acids is 4. The van der Waals surface area contributed by atoms with Gasteiger partial charge in [0, 0.05) is 48.7 Å². The molecule has 0 aliphatic rings. The summed E-state index contributed by atoms with van der Waals surface area (Å²) in [4.78, 5) is 43.0. The van der Waals surface area contributed by atoms with E-state index in [-0.39, 0.29) is 34.1 Å². The van der Waals surface area contributed by atoms with Gasteiger partial charge in [-0.3, -0.25) is 9.97 Å². The Bertz CT molecular complexity index is 758. The summed E-state index contributed by atoms with van der Waals surface area (Å²) in [6.45, 7) is 3.89. The van der Waals surface area contributed by atoms with Gasteiger partial charge in [-0.15, -0.1) is 0 Å². The number of aromatic nitrogens is 2. The first kappa shape index (κ1) is 44.0. The minimum atomic E-state index is -1.08. The zero-order chi connectivity index (χ0) is 25.9. The molecule has 2 aromatic rings. The zero-order valence-corrected chi connectivity index (χ0v) is 20.2. The molecule has 0 aliphatic heterocycles. The van der Waals surface area contributed by atoms with Crippen LogP contribution in [0.25, 0.3) is 0 Å². The SMILES string of the molecule is CC(=O)[O-].CC(=O)[O-].CC(=O)[O-].CC(=O)[O-].N#Cc1ccncc1.N#Cc1ccncc1.[Cu+2].[Cu+2]. The zero-order valence-electron chi connectivity index (χ0n) is 18.3. The molecule has 0 unspecified atom stereocenters. The van der Waals surface area contributed by atoms with Crippen LogP contribution in [0.4, 0.5) is 0 Å². The van der Waals surface area contributed by atoms with Crippen LogP contribution in [-0.4, -0.2) is 33.8 Å². The molecule has 0 saturated carbocycles. The Kier molecular flexibility index (Phi) is 43.7. The maximum atomic E-state index is 8.89. The standard InChI is InChI=1S/2C6H4N2.4C2H4O2.2Cu/c2*7-5-6-1-3-8-4-2-6;4*1-2(3)4;;/h2*1-4H;4*1H3,(H,3,4);;/q;;;;;;2*+2/p-4. The molecule has 14 heteroatoms. The second-order valence-electron chi connectivity index (χ2n) is 4.66. The minimum absolute atomic E-state index is 0. The first-order valence-electron chi connectivity index (χ1n) is 8.10. The predicted molar refractivity (Wildman–Crippen MR) is 101 cm³/mol. The van der Waals surface area contributed by atoms with Gasteiger partial charge in [0.15, 0.2) is 0 Å². The summed E-state index contributed by atoms with van der Waals surface area (Å²) in [6.07, 6.45) is 6.38. The summed E-state index contributed by atoms with van der Waals surface area (Å²) in [5.74, 6) is -4.33. The molecule has 34 heavy (non-hydrogen) atoms. The Morgan fingerprint density at radius 3 is 0.824 bits per heavy atom. The number of hydrogen-bond donors (Lipinski definition) is 0. The van der Waals surface area contributed by atoms with Gasteiger partial charge < -0.3 is 39.6 Å². The number of rotatable bonds is 0. The molecule has 0 bridgehead atoms. The molecule has 0 spiro atoms. The molecule has 2 radical (unpaired) electrons. The fourth-order valence-electron chi connectivity index (χ4n) is 0.853. The quantitative estimate of drug-likeness (QED) is 0.286. The van der Waals surface area contributed by atoms with E-state index in [1.807, 2.05) is 12.1 Å². The van der Waals surface area contributed by atoms with Gasteiger partial charge in [-0.05, 0) is 52.0 Å².